The van der Waals surface area contributed by atoms with Gasteiger partial charge in [0.1, 0.15) is 22.3 Å². The van der Waals surface area contributed by atoms with E-state index in [1.807, 2.05) is 30.3 Å². The van der Waals surface area contributed by atoms with Gasteiger partial charge in [-0.1, -0.05) is 47.7 Å². The van der Waals surface area contributed by atoms with E-state index in [0.717, 1.165) is 21.3 Å². The first-order valence-corrected chi connectivity index (χ1v) is 10.8. The largest absolute Gasteiger partial charge is 0.478 e. The second kappa shape index (κ2) is 8.20. The zero-order valence-corrected chi connectivity index (χ0v) is 17.3. The van der Waals surface area contributed by atoms with Crippen molar-refractivity contribution in [3.05, 3.63) is 83.5 Å². The number of hydrogen-bond donors (Lipinski definition) is 2. The molecule has 7 heteroatoms. The Morgan fingerprint density at radius 3 is 2.68 bits per heavy atom. The number of ether oxygens (including phenoxy) is 1. The van der Waals surface area contributed by atoms with Crippen molar-refractivity contribution in [1.82, 2.24) is 9.97 Å². The zero-order valence-electron chi connectivity index (χ0n) is 16.5. The number of pyridine rings is 1. The number of carbonyl (C=O) groups is 1. The van der Waals surface area contributed by atoms with Crippen molar-refractivity contribution in [1.29, 1.82) is 0 Å². The van der Waals surface area contributed by atoms with Gasteiger partial charge in [-0.15, -0.1) is 0 Å². The highest BCUT2D eigenvalue weighted by Crippen LogP contribution is 2.48. The predicted molar refractivity (Wildman–Crippen MR) is 121 cm³/mol. The average molecular weight is 430 g/mol. The lowest BCUT2D eigenvalue weighted by molar-refractivity contribution is 0.0697. The third-order valence-electron chi connectivity index (χ3n) is 4.91. The van der Waals surface area contributed by atoms with Crippen molar-refractivity contribution >= 4 is 28.8 Å². The molecule has 0 unspecified atom stereocenters. The molecule has 1 aliphatic rings. The number of hydrogen-bond acceptors (Lipinski definition) is 6. The van der Waals surface area contributed by atoms with Gasteiger partial charge in [0.05, 0.1) is 5.56 Å². The molecule has 2 aromatic heterocycles. The van der Waals surface area contributed by atoms with Crippen LogP contribution < -0.4 is 10.1 Å². The number of carboxylic acid groups (broad SMARTS) is 1. The van der Waals surface area contributed by atoms with Crippen molar-refractivity contribution in [2.24, 2.45) is 0 Å². The lowest BCUT2D eigenvalue weighted by Crippen LogP contribution is -1.99. The van der Waals surface area contributed by atoms with Gasteiger partial charge in [-0.3, -0.25) is 0 Å². The molecule has 31 heavy (non-hydrogen) atoms. The highest BCUT2D eigenvalue weighted by atomic mass is 32.1. The quantitative estimate of drug-likeness (QED) is 0.358. The maximum absolute atomic E-state index is 11.2. The van der Waals surface area contributed by atoms with Crippen molar-refractivity contribution in [3.63, 3.8) is 0 Å². The molecule has 2 aromatic carbocycles. The maximum Gasteiger partial charge on any atom is 0.335 e. The third kappa shape index (κ3) is 4.41. The molecule has 0 aliphatic heterocycles. The monoisotopic (exact) mass is 429 g/mol. The molecule has 6 nitrogen and oxygen atoms in total. The van der Waals surface area contributed by atoms with Crippen LogP contribution in [0.2, 0.25) is 0 Å². The lowest BCUT2D eigenvalue weighted by atomic mass is 10.2. The summed E-state index contributed by atoms with van der Waals surface area (Å²) in [7, 11) is 0. The Hall–Kier alpha value is -3.71. The second-order valence-corrected chi connectivity index (χ2v) is 8.31. The number of thiazole rings is 1. The Bertz CT molecular complexity index is 1240. The van der Waals surface area contributed by atoms with Crippen LogP contribution >= 0.6 is 11.3 Å². The Balaban J connectivity index is 1.41. The summed E-state index contributed by atoms with van der Waals surface area (Å²) in [6.07, 6.45) is 4.02. The standard InChI is InChI=1S/C24H19N3O3S/c28-23(29)17-7-4-8-18(13-17)26-20-14-19(11-12-25-20)30-24-21(15-5-2-1-3-6-15)27-22(31-24)16-9-10-16/h1-8,11-14,16H,9-10H2,(H,25,26)(H,28,29). The predicted octanol–water partition coefficient (Wildman–Crippen LogP) is 6.32. The van der Waals surface area contributed by atoms with Gasteiger partial charge >= 0.3 is 5.97 Å². The number of aromatic nitrogens is 2. The minimum Gasteiger partial charge on any atom is -0.478 e. The number of aromatic carboxylic acids is 1. The van der Waals surface area contributed by atoms with Crippen LogP contribution in [-0.2, 0) is 0 Å². The van der Waals surface area contributed by atoms with E-state index in [9.17, 15) is 9.90 Å². The molecule has 0 saturated heterocycles. The lowest BCUT2D eigenvalue weighted by Gasteiger charge is -2.09. The average Bonchev–Trinajstić information content (AvgIpc) is 3.55. The molecule has 0 radical (unpaired) electrons. The fraction of sp³-hybridized carbons (Fsp3) is 0.125. The number of nitrogens with one attached hydrogen (secondary N) is 1. The summed E-state index contributed by atoms with van der Waals surface area (Å²) in [5.74, 6) is 0.767. The molecule has 0 bridgehead atoms. The first kappa shape index (κ1) is 19.3. The van der Waals surface area contributed by atoms with Crippen molar-refractivity contribution in [3.8, 4) is 22.1 Å². The first-order chi connectivity index (χ1) is 15.2. The molecular weight excluding hydrogens is 410 g/mol. The maximum atomic E-state index is 11.2. The minimum atomic E-state index is -0.973. The molecular formula is C24H19N3O3S. The van der Waals surface area contributed by atoms with Crippen LogP contribution in [0.4, 0.5) is 11.5 Å². The smallest absolute Gasteiger partial charge is 0.335 e. The van der Waals surface area contributed by atoms with E-state index in [2.05, 4.69) is 10.3 Å². The molecule has 1 saturated carbocycles. The number of benzene rings is 2. The SMILES string of the molecule is O=C(O)c1cccc(Nc2cc(Oc3sc(C4CC4)nc3-c3ccccc3)ccn2)c1. The van der Waals surface area contributed by atoms with Crippen LogP contribution in [0, 0.1) is 0 Å². The van der Waals surface area contributed by atoms with Crippen LogP contribution in [0.3, 0.4) is 0 Å². The van der Waals surface area contributed by atoms with Crippen LogP contribution in [-0.4, -0.2) is 21.0 Å². The van der Waals surface area contributed by atoms with Crippen LogP contribution in [0.1, 0.15) is 34.1 Å². The molecule has 0 amide bonds. The summed E-state index contributed by atoms with van der Waals surface area (Å²) in [5.41, 5.74) is 2.73. The van der Waals surface area contributed by atoms with E-state index < -0.39 is 5.97 Å². The van der Waals surface area contributed by atoms with Crippen molar-refractivity contribution < 1.29 is 14.6 Å². The first-order valence-electron chi connectivity index (χ1n) is 9.96. The van der Waals surface area contributed by atoms with Gasteiger partial charge in [0.15, 0.2) is 0 Å². The molecule has 2 heterocycles. The molecule has 4 aromatic rings. The minimum absolute atomic E-state index is 0.210. The number of rotatable bonds is 7. The summed E-state index contributed by atoms with van der Waals surface area (Å²) < 4.78 is 6.24. The third-order valence-corrected chi connectivity index (χ3v) is 6.01. The van der Waals surface area contributed by atoms with Crippen molar-refractivity contribution in [2.45, 2.75) is 18.8 Å². The van der Waals surface area contributed by atoms with Gasteiger partial charge in [0.2, 0.25) is 5.06 Å². The number of anilines is 2. The number of nitrogens with zero attached hydrogens (tertiary/aromatic N) is 2. The van der Waals surface area contributed by atoms with E-state index in [4.69, 9.17) is 9.72 Å². The summed E-state index contributed by atoms with van der Waals surface area (Å²) in [6, 6.07) is 20.2. The molecule has 1 fully saturated rings. The molecule has 0 atom stereocenters. The molecule has 2 N–H and O–H groups in total. The highest BCUT2D eigenvalue weighted by molar-refractivity contribution is 7.14. The summed E-state index contributed by atoms with van der Waals surface area (Å²) in [6.45, 7) is 0. The Labute approximate surface area is 183 Å². The van der Waals surface area contributed by atoms with Gasteiger partial charge in [0, 0.05) is 29.4 Å². The van der Waals surface area contributed by atoms with E-state index >= 15 is 0 Å². The summed E-state index contributed by atoms with van der Waals surface area (Å²) in [4.78, 5) is 20.4. The Kier molecular flexibility index (Phi) is 5.09. The van der Waals surface area contributed by atoms with Gasteiger partial charge in [-0.25, -0.2) is 14.8 Å². The fourth-order valence-corrected chi connectivity index (χ4v) is 4.33. The van der Waals surface area contributed by atoms with Gasteiger partial charge in [0.25, 0.3) is 0 Å². The van der Waals surface area contributed by atoms with E-state index in [1.54, 1.807) is 53.9 Å². The second-order valence-electron chi connectivity index (χ2n) is 7.32. The highest BCUT2D eigenvalue weighted by Gasteiger charge is 2.29. The van der Waals surface area contributed by atoms with E-state index in [1.165, 1.54) is 12.8 Å². The van der Waals surface area contributed by atoms with Gasteiger partial charge in [-0.05, 0) is 37.1 Å². The Morgan fingerprint density at radius 2 is 1.90 bits per heavy atom. The fourth-order valence-electron chi connectivity index (χ4n) is 3.20. The van der Waals surface area contributed by atoms with Gasteiger partial charge < -0.3 is 15.2 Å². The van der Waals surface area contributed by atoms with E-state index in [0.29, 0.717) is 23.2 Å². The molecule has 5 rings (SSSR count). The van der Waals surface area contributed by atoms with E-state index in [-0.39, 0.29) is 5.56 Å². The number of carboxylic acids is 1. The molecule has 1 aliphatic carbocycles. The summed E-state index contributed by atoms with van der Waals surface area (Å²) in [5, 5.41) is 14.2. The van der Waals surface area contributed by atoms with Gasteiger partial charge in [-0.2, -0.15) is 0 Å². The Morgan fingerprint density at radius 1 is 1.06 bits per heavy atom. The van der Waals surface area contributed by atoms with Crippen LogP contribution in [0.15, 0.2) is 72.9 Å². The summed E-state index contributed by atoms with van der Waals surface area (Å²) >= 11 is 1.60. The van der Waals surface area contributed by atoms with Crippen molar-refractivity contribution in [2.75, 3.05) is 5.32 Å². The zero-order chi connectivity index (χ0) is 21.2. The van der Waals surface area contributed by atoms with Crippen LogP contribution in [0.5, 0.6) is 10.8 Å². The normalized spacial score (nSPS) is 13.0. The topological polar surface area (TPSA) is 84.3 Å². The molecule has 154 valence electrons. The molecule has 0 spiro atoms. The van der Waals surface area contributed by atoms with Crippen LogP contribution in [0.25, 0.3) is 11.3 Å².